The van der Waals surface area contributed by atoms with E-state index in [1.165, 1.54) is 42.6 Å². The van der Waals surface area contributed by atoms with Crippen molar-refractivity contribution in [1.82, 2.24) is 4.98 Å². The summed E-state index contributed by atoms with van der Waals surface area (Å²) in [5.74, 6) is -2.08. The van der Waals surface area contributed by atoms with E-state index in [4.69, 9.17) is 19.3 Å². The number of hydrogen-bond donors (Lipinski definition) is 3. The van der Waals surface area contributed by atoms with E-state index in [1.807, 2.05) is 6.92 Å². The van der Waals surface area contributed by atoms with Crippen LogP contribution < -0.4 is 24.8 Å². The van der Waals surface area contributed by atoms with Crippen LogP contribution >= 0.6 is 0 Å². The normalized spacial score (nSPS) is 12.8. The number of amides is 2. The minimum absolute atomic E-state index is 0. The van der Waals surface area contributed by atoms with Crippen molar-refractivity contribution in [3.8, 4) is 23.0 Å². The number of nitrogens with zero attached hydrogens (tertiary/aromatic N) is 1. The fourth-order valence-electron chi connectivity index (χ4n) is 4.66. The van der Waals surface area contributed by atoms with Gasteiger partial charge < -0.3 is 30.0 Å². The fraction of sp³-hybridized carbons (Fsp3) is 0.273. The molecule has 0 atom stereocenters. The summed E-state index contributed by atoms with van der Waals surface area (Å²) in [7, 11) is 0. The second-order valence-corrected chi connectivity index (χ2v) is 10.5. The molecule has 0 bridgehead atoms. The van der Waals surface area contributed by atoms with Crippen LogP contribution in [0.1, 0.15) is 39.0 Å². The van der Waals surface area contributed by atoms with Crippen molar-refractivity contribution in [2.45, 2.75) is 39.0 Å². The van der Waals surface area contributed by atoms with Crippen LogP contribution in [-0.4, -0.2) is 92.5 Å². The summed E-state index contributed by atoms with van der Waals surface area (Å²) in [5.41, 5.74) is -0.278. The van der Waals surface area contributed by atoms with Gasteiger partial charge >= 0.3 is 57.4 Å². The monoisotopic (exact) mass is 659 g/mol. The van der Waals surface area contributed by atoms with Crippen molar-refractivity contribution in [3.05, 3.63) is 78.5 Å². The van der Waals surface area contributed by atoms with E-state index in [-0.39, 0.29) is 69.2 Å². The topological polar surface area (TPSA) is 136 Å². The number of anilines is 2. The van der Waals surface area contributed by atoms with Crippen LogP contribution in [0.15, 0.2) is 66.9 Å². The van der Waals surface area contributed by atoms with E-state index in [2.05, 4.69) is 15.6 Å². The number of aliphatic carboxylic acids is 1. The number of unbranched alkanes of at least 4 members (excludes halogenated alkanes) is 1. The van der Waals surface area contributed by atoms with Gasteiger partial charge in [-0.15, -0.1) is 0 Å². The van der Waals surface area contributed by atoms with E-state index >= 15 is 4.39 Å². The first-order valence-corrected chi connectivity index (χ1v) is 14.4. The summed E-state index contributed by atoms with van der Waals surface area (Å²) in [5, 5.41) is 14.6. The number of ether oxygens (including phenoxy) is 3. The second-order valence-electron chi connectivity index (χ2n) is 10.5. The third kappa shape index (κ3) is 8.59. The van der Waals surface area contributed by atoms with Crippen LogP contribution in [0.5, 0.6) is 23.0 Å². The Bertz CT molecular complexity index is 1730. The first-order chi connectivity index (χ1) is 21.7. The van der Waals surface area contributed by atoms with Gasteiger partial charge in [0.2, 0.25) is 11.8 Å². The second kappa shape index (κ2) is 15.8. The standard InChI is InChI=1S/C33H31F2N3O7.K.H/c1-2-43-28-18-23-25(19-29(28)44-16-4-3-5-30(39)40)36-15-12-26(23)45-27-11-10-22(17-24(27)35)38-32(42)33(13-14-33)31(41)37-21-8-6-20(34)7-9-21;;/h6-12,15,17-19H,2-5,13-14,16H2,1H3,(H,37,41)(H,38,42)(H,39,40);;. The van der Waals surface area contributed by atoms with Gasteiger partial charge in [-0.1, -0.05) is 0 Å². The van der Waals surface area contributed by atoms with Crippen LogP contribution in [0.3, 0.4) is 0 Å². The zero-order chi connectivity index (χ0) is 32.0. The molecule has 0 aliphatic heterocycles. The fourth-order valence-corrected chi connectivity index (χ4v) is 4.66. The maximum atomic E-state index is 15.2. The number of carboxylic acid groups (broad SMARTS) is 1. The summed E-state index contributed by atoms with van der Waals surface area (Å²) in [4.78, 5) is 41.0. The van der Waals surface area contributed by atoms with E-state index in [1.54, 1.807) is 18.2 Å². The molecule has 0 saturated heterocycles. The molecule has 1 fully saturated rings. The molecule has 0 spiro atoms. The summed E-state index contributed by atoms with van der Waals surface area (Å²) in [6.07, 6.45) is 3.24. The number of carboxylic acids is 1. The van der Waals surface area contributed by atoms with Crippen LogP contribution in [-0.2, 0) is 14.4 Å². The first-order valence-electron chi connectivity index (χ1n) is 14.4. The predicted molar refractivity (Wildman–Crippen MR) is 169 cm³/mol. The van der Waals surface area contributed by atoms with Crippen LogP contribution in [0, 0.1) is 17.0 Å². The summed E-state index contributed by atoms with van der Waals surface area (Å²) >= 11 is 0. The number of hydrogen-bond acceptors (Lipinski definition) is 7. The Kier molecular flexibility index (Phi) is 12.1. The van der Waals surface area contributed by atoms with E-state index < -0.39 is 34.8 Å². The molecule has 1 aliphatic rings. The van der Waals surface area contributed by atoms with Crippen molar-refractivity contribution < 1.29 is 42.5 Å². The third-order valence-electron chi connectivity index (χ3n) is 7.24. The number of benzene rings is 3. The van der Waals surface area contributed by atoms with Gasteiger partial charge in [-0.2, -0.15) is 0 Å². The number of aromatic nitrogens is 1. The van der Waals surface area contributed by atoms with E-state index in [0.717, 1.165) is 6.07 Å². The SMILES string of the molecule is CCOc1cc2c(Oc3ccc(NC(=O)C4(C(=O)Nc5ccc(F)cc5)CC4)cc3F)ccnc2cc1OCCCCC(=O)O.[KH]. The molecule has 46 heavy (non-hydrogen) atoms. The summed E-state index contributed by atoms with van der Waals surface area (Å²) < 4.78 is 45.9. The third-order valence-corrected chi connectivity index (χ3v) is 7.24. The van der Waals surface area contributed by atoms with Gasteiger partial charge in [0.05, 0.1) is 18.7 Å². The van der Waals surface area contributed by atoms with Gasteiger partial charge in [0.1, 0.15) is 17.0 Å². The molecule has 236 valence electrons. The van der Waals surface area contributed by atoms with E-state index in [0.29, 0.717) is 72.7 Å². The van der Waals surface area contributed by atoms with Crippen molar-refractivity contribution in [3.63, 3.8) is 0 Å². The Labute approximate surface area is 306 Å². The zero-order valence-electron chi connectivity index (χ0n) is 24.4. The summed E-state index contributed by atoms with van der Waals surface area (Å²) in [6.45, 7) is 2.47. The average molecular weight is 660 g/mol. The number of carbonyl (C=O) groups is 3. The van der Waals surface area contributed by atoms with Crippen molar-refractivity contribution in [1.29, 1.82) is 0 Å². The molecular weight excluding hydrogens is 627 g/mol. The summed E-state index contributed by atoms with van der Waals surface area (Å²) in [6, 6.07) is 14.1. The molecule has 1 aromatic heterocycles. The molecule has 1 saturated carbocycles. The van der Waals surface area contributed by atoms with E-state index in [9.17, 15) is 18.8 Å². The van der Waals surface area contributed by atoms with Gasteiger partial charge in [-0.25, -0.2) is 8.78 Å². The first kappa shape index (κ1) is 35.2. The van der Waals surface area contributed by atoms with Crippen molar-refractivity contribution in [2.75, 3.05) is 23.8 Å². The van der Waals surface area contributed by atoms with Gasteiger partial charge in [-0.05, 0) is 81.1 Å². The Balaban J connectivity index is 0.00000480. The Morgan fingerprint density at radius 1 is 0.848 bits per heavy atom. The molecule has 0 unspecified atom stereocenters. The molecule has 2 amide bonds. The molecule has 13 heteroatoms. The molecule has 10 nitrogen and oxygen atoms in total. The number of pyridine rings is 1. The molecular formula is C33H32F2KN3O7. The van der Waals surface area contributed by atoms with Gasteiger partial charge in [0.15, 0.2) is 23.1 Å². The molecule has 3 N–H and O–H groups in total. The molecule has 3 aromatic carbocycles. The van der Waals surface area contributed by atoms with Crippen LogP contribution in [0.4, 0.5) is 20.2 Å². The Morgan fingerprint density at radius 3 is 2.17 bits per heavy atom. The Hall–Kier alpha value is -3.62. The van der Waals surface area contributed by atoms with Gasteiger partial charge in [0.25, 0.3) is 0 Å². The van der Waals surface area contributed by atoms with Crippen LogP contribution in [0.2, 0.25) is 0 Å². The van der Waals surface area contributed by atoms with Gasteiger partial charge in [-0.3, -0.25) is 19.4 Å². The molecule has 4 aromatic rings. The molecule has 5 rings (SSSR count). The number of halogens is 2. The molecule has 1 aliphatic carbocycles. The quantitative estimate of drug-likeness (QED) is 0.0847. The number of nitrogens with one attached hydrogen (secondary N) is 2. The van der Waals surface area contributed by atoms with Gasteiger partial charge in [0, 0.05) is 41.5 Å². The van der Waals surface area contributed by atoms with Crippen molar-refractivity contribution >= 4 is 91.4 Å². The van der Waals surface area contributed by atoms with Crippen LogP contribution in [0.25, 0.3) is 10.9 Å². The Morgan fingerprint density at radius 2 is 1.52 bits per heavy atom. The maximum absolute atomic E-state index is 15.2. The predicted octanol–water partition coefficient (Wildman–Crippen LogP) is 6.05. The molecule has 1 heterocycles. The molecule has 0 radical (unpaired) electrons. The number of rotatable bonds is 14. The average Bonchev–Trinajstić information content (AvgIpc) is 3.82. The zero-order valence-corrected chi connectivity index (χ0v) is 24.4. The van der Waals surface area contributed by atoms with Crippen molar-refractivity contribution in [2.24, 2.45) is 5.41 Å². The number of carbonyl (C=O) groups excluding carboxylic acids is 2. The number of fused-ring (bicyclic) bond motifs is 1. The minimum atomic E-state index is -1.30.